The molecule has 1 aromatic carbocycles. The van der Waals surface area contributed by atoms with Crippen molar-refractivity contribution in [1.29, 1.82) is 0 Å². The van der Waals surface area contributed by atoms with E-state index in [9.17, 15) is 17.6 Å². The van der Waals surface area contributed by atoms with Crippen LogP contribution in [0.4, 0.5) is 17.6 Å². The van der Waals surface area contributed by atoms with E-state index in [-0.39, 0.29) is 0 Å². The third-order valence-electron chi connectivity index (χ3n) is 2.85. The van der Waals surface area contributed by atoms with Gasteiger partial charge in [-0.15, -0.1) is 0 Å². The van der Waals surface area contributed by atoms with Crippen LogP contribution in [0, 0.1) is 30.2 Å². The maximum Gasteiger partial charge on any atom is 0.165 e. The first-order chi connectivity index (χ1) is 7.24. The van der Waals surface area contributed by atoms with Crippen molar-refractivity contribution in [2.45, 2.75) is 32.9 Å². The van der Waals surface area contributed by atoms with Gasteiger partial charge >= 0.3 is 0 Å². The molecule has 0 aliphatic rings. The molecule has 0 aliphatic heterocycles. The van der Waals surface area contributed by atoms with E-state index in [1.165, 1.54) is 21.1 Å². The molecule has 0 heterocycles. The summed E-state index contributed by atoms with van der Waals surface area (Å²) < 4.78 is 53.8. The number of halogens is 4. The zero-order valence-electron chi connectivity index (χ0n) is 9.59. The Bertz CT molecular complexity index is 397. The van der Waals surface area contributed by atoms with Crippen molar-refractivity contribution in [2.24, 2.45) is 0 Å². The standard InChI is InChI=1S/C11H12BF4/c1-5-7(13)9(15)6(10(16)8(5)14)11(2,3)12-4/h1-4H3. The first-order valence-electron chi connectivity index (χ1n) is 4.87. The Hall–Kier alpha value is -0.995. The number of hydrogen-bond acceptors (Lipinski definition) is 0. The summed E-state index contributed by atoms with van der Waals surface area (Å²) in [6, 6.07) is 0. The van der Waals surface area contributed by atoms with Gasteiger partial charge in [0, 0.05) is 11.1 Å². The van der Waals surface area contributed by atoms with E-state index in [4.69, 9.17) is 0 Å². The third kappa shape index (κ3) is 1.83. The Morgan fingerprint density at radius 2 is 1.25 bits per heavy atom. The molecule has 0 amide bonds. The maximum atomic E-state index is 13.6. The third-order valence-corrected chi connectivity index (χ3v) is 2.85. The van der Waals surface area contributed by atoms with Gasteiger partial charge in [-0.25, -0.2) is 17.6 Å². The molecule has 0 fully saturated rings. The summed E-state index contributed by atoms with van der Waals surface area (Å²) in [6.45, 7) is 5.56. The summed E-state index contributed by atoms with van der Waals surface area (Å²) in [5, 5.41) is -1.07. The van der Waals surface area contributed by atoms with Crippen LogP contribution in [0.5, 0.6) is 0 Å². The van der Waals surface area contributed by atoms with Crippen LogP contribution in [0.15, 0.2) is 0 Å². The van der Waals surface area contributed by atoms with Crippen LogP contribution in [0.2, 0.25) is 6.82 Å². The lowest BCUT2D eigenvalue weighted by Gasteiger charge is -2.25. The second kappa shape index (κ2) is 4.11. The summed E-state index contributed by atoms with van der Waals surface area (Å²) in [4.78, 5) is 0. The molecule has 0 atom stereocenters. The summed E-state index contributed by atoms with van der Waals surface area (Å²) in [7, 11) is 1.49. The SMILES string of the molecule is C[B]C(C)(C)c1c(F)c(F)c(C)c(F)c1F. The summed E-state index contributed by atoms with van der Waals surface area (Å²) in [6.07, 6.45) is 0. The van der Waals surface area contributed by atoms with Gasteiger partial charge in [-0.2, -0.15) is 0 Å². The van der Waals surface area contributed by atoms with Crippen LogP contribution in [-0.2, 0) is 5.31 Å². The normalized spacial score (nSPS) is 11.8. The molecule has 5 heteroatoms. The molecule has 0 nitrogen and oxygen atoms in total. The lowest BCUT2D eigenvalue weighted by Crippen LogP contribution is -2.28. The van der Waals surface area contributed by atoms with Gasteiger partial charge in [0.15, 0.2) is 23.3 Å². The quantitative estimate of drug-likeness (QED) is 0.414. The van der Waals surface area contributed by atoms with Crippen molar-refractivity contribution in [2.75, 3.05) is 0 Å². The number of benzene rings is 1. The van der Waals surface area contributed by atoms with Gasteiger partial charge < -0.3 is 0 Å². The van der Waals surface area contributed by atoms with E-state index in [2.05, 4.69) is 0 Å². The van der Waals surface area contributed by atoms with Crippen LogP contribution in [-0.4, -0.2) is 7.28 Å². The van der Waals surface area contributed by atoms with E-state index in [1.807, 2.05) is 0 Å². The number of hydrogen-bond donors (Lipinski definition) is 0. The molecule has 0 unspecified atom stereocenters. The highest BCUT2D eigenvalue weighted by molar-refractivity contribution is 6.38. The van der Waals surface area contributed by atoms with Crippen molar-refractivity contribution < 1.29 is 17.6 Å². The van der Waals surface area contributed by atoms with E-state index in [1.54, 1.807) is 6.82 Å². The van der Waals surface area contributed by atoms with Crippen LogP contribution in [0.3, 0.4) is 0 Å². The molecule has 87 valence electrons. The van der Waals surface area contributed by atoms with Crippen LogP contribution in [0.25, 0.3) is 0 Å². The largest absolute Gasteiger partial charge is 0.203 e. The van der Waals surface area contributed by atoms with Gasteiger partial charge in [-0.1, -0.05) is 20.7 Å². The van der Waals surface area contributed by atoms with Crippen molar-refractivity contribution in [3.63, 3.8) is 0 Å². The number of rotatable bonds is 2. The molecule has 0 aliphatic carbocycles. The first kappa shape index (κ1) is 13.1. The van der Waals surface area contributed by atoms with Gasteiger partial charge in [0.25, 0.3) is 0 Å². The zero-order chi connectivity index (χ0) is 12.7. The van der Waals surface area contributed by atoms with Crippen molar-refractivity contribution in [3.05, 3.63) is 34.4 Å². The fraction of sp³-hybridized carbons (Fsp3) is 0.455. The summed E-state index contributed by atoms with van der Waals surface area (Å²) in [5.74, 6) is -5.30. The second-order valence-electron chi connectivity index (χ2n) is 4.27. The molecule has 0 saturated carbocycles. The fourth-order valence-corrected chi connectivity index (χ4v) is 1.45. The van der Waals surface area contributed by atoms with Crippen molar-refractivity contribution >= 4 is 7.28 Å². The summed E-state index contributed by atoms with van der Waals surface area (Å²) in [5.41, 5.74) is -1.21. The average Bonchev–Trinajstić information content (AvgIpc) is 2.23. The Morgan fingerprint density at radius 1 is 0.875 bits per heavy atom. The Kier molecular flexibility index (Phi) is 3.36. The molecule has 1 aromatic rings. The van der Waals surface area contributed by atoms with Crippen molar-refractivity contribution in [1.82, 2.24) is 0 Å². The second-order valence-corrected chi connectivity index (χ2v) is 4.27. The predicted molar refractivity (Wildman–Crippen MR) is 55.7 cm³/mol. The van der Waals surface area contributed by atoms with Gasteiger partial charge in [0.2, 0.25) is 0 Å². The minimum Gasteiger partial charge on any atom is -0.203 e. The molecule has 0 N–H and O–H groups in total. The van der Waals surface area contributed by atoms with E-state index in [0.717, 1.165) is 6.92 Å². The van der Waals surface area contributed by atoms with Crippen molar-refractivity contribution in [3.8, 4) is 0 Å². The fourth-order valence-electron chi connectivity index (χ4n) is 1.45. The van der Waals surface area contributed by atoms with Gasteiger partial charge in [0.1, 0.15) is 7.28 Å². The molecule has 0 aromatic heterocycles. The van der Waals surface area contributed by atoms with E-state index < -0.39 is 39.7 Å². The molecule has 16 heavy (non-hydrogen) atoms. The Balaban J connectivity index is 3.65. The lowest BCUT2D eigenvalue weighted by atomic mass is 9.53. The molecule has 0 spiro atoms. The first-order valence-corrected chi connectivity index (χ1v) is 4.87. The molecule has 1 radical (unpaired) electrons. The van der Waals surface area contributed by atoms with Crippen LogP contribution >= 0.6 is 0 Å². The minimum atomic E-state index is -1.33. The summed E-state index contributed by atoms with van der Waals surface area (Å²) >= 11 is 0. The highest BCUT2D eigenvalue weighted by atomic mass is 19.2. The van der Waals surface area contributed by atoms with E-state index >= 15 is 0 Å². The highest BCUT2D eigenvalue weighted by Crippen LogP contribution is 2.32. The lowest BCUT2D eigenvalue weighted by molar-refractivity contribution is 0.417. The zero-order valence-corrected chi connectivity index (χ0v) is 9.59. The molecule has 1 rings (SSSR count). The molecule has 0 saturated heterocycles. The minimum absolute atomic E-state index is 0.574. The molecule has 0 bridgehead atoms. The Morgan fingerprint density at radius 3 is 1.56 bits per heavy atom. The Labute approximate surface area is 92.9 Å². The average molecular weight is 231 g/mol. The molecular weight excluding hydrogens is 219 g/mol. The predicted octanol–water partition coefficient (Wildman–Crippen LogP) is 3.54. The van der Waals surface area contributed by atoms with Gasteiger partial charge in [0.05, 0.1) is 0 Å². The van der Waals surface area contributed by atoms with Gasteiger partial charge in [-0.05, 0) is 12.2 Å². The molecular formula is C11H12BF4. The smallest absolute Gasteiger partial charge is 0.165 e. The van der Waals surface area contributed by atoms with E-state index in [0.29, 0.717) is 0 Å². The maximum absolute atomic E-state index is 13.6. The van der Waals surface area contributed by atoms with Crippen LogP contribution in [0.1, 0.15) is 25.0 Å². The van der Waals surface area contributed by atoms with Gasteiger partial charge in [-0.3, -0.25) is 0 Å². The monoisotopic (exact) mass is 231 g/mol. The van der Waals surface area contributed by atoms with Crippen LogP contribution < -0.4 is 0 Å². The highest BCUT2D eigenvalue weighted by Gasteiger charge is 2.32. The topological polar surface area (TPSA) is 0 Å².